The van der Waals surface area contributed by atoms with E-state index in [1.54, 1.807) is 23.5 Å². The number of hydrogen-bond donors (Lipinski definition) is 3. The van der Waals surface area contributed by atoms with Gasteiger partial charge in [0.15, 0.2) is 0 Å². The van der Waals surface area contributed by atoms with Crippen molar-refractivity contribution in [3.8, 4) is 0 Å². The topological polar surface area (TPSA) is 92.9 Å². The lowest BCUT2D eigenvalue weighted by Crippen LogP contribution is -2.07. The SMILES string of the molecule is Cc1cc(Nc2ccc(NC(=O)/C=C/c3cc(Br)cs3)cc2)nc(N)n1. The number of nitrogens with zero attached hydrogens (tertiary/aromatic N) is 2. The van der Waals surface area contributed by atoms with Crippen LogP contribution >= 0.6 is 27.3 Å². The molecule has 0 unspecified atom stereocenters. The molecule has 0 atom stereocenters. The van der Waals surface area contributed by atoms with Crippen molar-refractivity contribution < 1.29 is 4.79 Å². The second kappa shape index (κ2) is 8.11. The van der Waals surface area contributed by atoms with Crippen molar-refractivity contribution in [1.82, 2.24) is 9.97 Å². The van der Waals surface area contributed by atoms with Crippen LogP contribution in [0.3, 0.4) is 0 Å². The van der Waals surface area contributed by atoms with Crippen LogP contribution in [-0.4, -0.2) is 15.9 Å². The molecule has 2 heterocycles. The van der Waals surface area contributed by atoms with Crippen LogP contribution in [0.5, 0.6) is 0 Å². The van der Waals surface area contributed by atoms with Gasteiger partial charge in [0.1, 0.15) is 5.82 Å². The molecule has 3 rings (SSSR count). The monoisotopic (exact) mass is 429 g/mol. The molecule has 1 amide bonds. The molecular weight excluding hydrogens is 414 g/mol. The zero-order valence-electron chi connectivity index (χ0n) is 13.9. The molecule has 0 aliphatic carbocycles. The Hall–Kier alpha value is -2.71. The van der Waals surface area contributed by atoms with E-state index in [0.717, 1.165) is 20.7 Å². The fourth-order valence-electron chi connectivity index (χ4n) is 2.20. The molecule has 0 aliphatic heterocycles. The summed E-state index contributed by atoms with van der Waals surface area (Å²) >= 11 is 4.95. The van der Waals surface area contributed by atoms with E-state index in [0.29, 0.717) is 11.5 Å². The summed E-state index contributed by atoms with van der Waals surface area (Å²) in [5, 5.41) is 7.94. The maximum absolute atomic E-state index is 12.0. The van der Waals surface area contributed by atoms with E-state index in [-0.39, 0.29) is 11.9 Å². The van der Waals surface area contributed by atoms with E-state index in [9.17, 15) is 4.79 Å². The average molecular weight is 430 g/mol. The fourth-order valence-corrected chi connectivity index (χ4v) is 3.53. The van der Waals surface area contributed by atoms with Crippen LogP contribution in [-0.2, 0) is 4.79 Å². The van der Waals surface area contributed by atoms with Crippen molar-refractivity contribution in [2.24, 2.45) is 0 Å². The van der Waals surface area contributed by atoms with Gasteiger partial charge < -0.3 is 16.4 Å². The molecule has 0 saturated heterocycles. The molecule has 4 N–H and O–H groups in total. The molecule has 26 heavy (non-hydrogen) atoms. The molecule has 0 spiro atoms. The number of aryl methyl sites for hydroxylation is 1. The first-order valence-corrected chi connectivity index (χ1v) is 9.36. The Morgan fingerprint density at radius 2 is 1.92 bits per heavy atom. The Morgan fingerprint density at radius 3 is 2.58 bits per heavy atom. The zero-order chi connectivity index (χ0) is 18.5. The van der Waals surface area contributed by atoms with Gasteiger partial charge >= 0.3 is 0 Å². The van der Waals surface area contributed by atoms with Crippen molar-refractivity contribution in [2.45, 2.75) is 6.92 Å². The Bertz CT molecular complexity index is 932. The predicted molar refractivity (Wildman–Crippen MR) is 111 cm³/mol. The number of nitrogens with one attached hydrogen (secondary N) is 2. The molecule has 2 aromatic heterocycles. The van der Waals surface area contributed by atoms with Crippen LogP contribution in [0, 0.1) is 6.92 Å². The number of carbonyl (C=O) groups is 1. The van der Waals surface area contributed by atoms with E-state index < -0.39 is 0 Å². The van der Waals surface area contributed by atoms with Crippen LogP contribution < -0.4 is 16.4 Å². The summed E-state index contributed by atoms with van der Waals surface area (Å²) in [6.07, 6.45) is 3.29. The van der Waals surface area contributed by atoms with Gasteiger partial charge in [-0.1, -0.05) is 0 Å². The Morgan fingerprint density at radius 1 is 1.19 bits per heavy atom. The fraction of sp³-hybridized carbons (Fsp3) is 0.0556. The predicted octanol–water partition coefficient (Wildman–Crippen LogP) is 4.59. The van der Waals surface area contributed by atoms with E-state index >= 15 is 0 Å². The van der Waals surface area contributed by atoms with Crippen molar-refractivity contribution in [3.63, 3.8) is 0 Å². The van der Waals surface area contributed by atoms with E-state index in [1.807, 2.05) is 42.6 Å². The van der Waals surface area contributed by atoms with E-state index in [1.165, 1.54) is 6.08 Å². The van der Waals surface area contributed by atoms with Crippen molar-refractivity contribution in [3.05, 3.63) is 62.9 Å². The van der Waals surface area contributed by atoms with E-state index in [4.69, 9.17) is 5.73 Å². The molecule has 1 aromatic carbocycles. The minimum Gasteiger partial charge on any atom is -0.368 e. The minimum atomic E-state index is -0.186. The van der Waals surface area contributed by atoms with Gasteiger partial charge in [0.05, 0.1) is 0 Å². The van der Waals surface area contributed by atoms with Gasteiger partial charge in [-0.3, -0.25) is 4.79 Å². The summed E-state index contributed by atoms with van der Waals surface area (Å²) in [7, 11) is 0. The van der Waals surface area contributed by atoms with Crippen LogP contribution in [0.25, 0.3) is 6.08 Å². The quantitative estimate of drug-likeness (QED) is 0.515. The van der Waals surface area contributed by atoms with Gasteiger partial charge in [0.2, 0.25) is 11.9 Å². The third kappa shape index (κ3) is 5.14. The molecule has 0 saturated carbocycles. The maximum atomic E-state index is 12.0. The summed E-state index contributed by atoms with van der Waals surface area (Å²) in [6.45, 7) is 1.85. The molecule has 0 bridgehead atoms. The number of rotatable bonds is 5. The number of aromatic nitrogens is 2. The van der Waals surface area contributed by atoms with Crippen LogP contribution in [0.1, 0.15) is 10.6 Å². The molecule has 132 valence electrons. The van der Waals surface area contributed by atoms with Crippen molar-refractivity contribution in [1.29, 1.82) is 0 Å². The van der Waals surface area contributed by atoms with Crippen molar-refractivity contribution in [2.75, 3.05) is 16.4 Å². The second-order valence-electron chi connectivity index (χ2n) is 5.44. The lowest BCUT2D eigenvalue weighted by Gasteiger charge is -2.08. The van der Waals surface area contributed by atoms with Crippen LogP contribution in [0.15, 0.2) is 52.3 Å². The highest BCUT2D eigenvalue weighted by Crippen LogP contribution is 2.21. The Balaban J connectivity index is 1.60. The molecule has 8 heteroatoms. The maximum Gasteiger partial charge on any atom is 0.248 e. The van der Waals surface area contributed by atoms with Gasteiger partial charge in [0, 0.05) is 43.9 Å². The third-order valence-electron chi connectivity index (χ3n) is 3.28. The number of carbonyl (C=O) groups excluding carboxylic acids is 1. The number of halogens is 1. The zero-order valence-corrected chi connectivity index (χ0v) is 16.3. The summed E-state index contributed by atoms with van der Waals surface area (Å²) in [6, 6.07) is 11.1. The lowest BCUT2D eigenvalue weighted by atomic mass is 10.2. The highest BCUT2D eigenvalue weighted by molar-refractivity contribution is 9.10. The number of nitrogen functional groups attached to an aromatic ring is 1. The number of thiophene rings is 1. The summed E-state index contributed by atoms with van der Waals surface area (Å²) in [5.74, 6) is 0.659. The summed E-state index contributed by atoms with van der Waals surface area (Å²) < 4.78 is 1.01. The number of amides is 1. The van der Waals surface area contributed by atoms with Crippen LogP contribution in [0.4, 0.5) is 23.1 Å². The third-order valence-corrected chi connectivity index (χ3v) is 4.94. The van der Waals surface area contributed by atoms with Gasteiger partial charge in [-0.25, -0.2) is 4.98 Å². The largest absolute Gasteiger partial charge is 0.368 e. The number of benzene rings is 1. The number of anilines is 4. The standard InChI is InChI=1S/C18H16BrN5OS/c1-11-8-16(24-18(20)21-11)22-13-2-4-14(5-3-13)23-17(25)7-6-15-9-12(19)10-26-15/h2-10H,1H3,(H,23,25)(H3,20,21,22,24)/b7-6+. The van der Waals surface area contributed by atoms with E-state index in [2.05, 4.69) is 36.5 Å². The summed E-state index contributed by atoms with van der Waals surface area (Å²) in [5.41, 5.74) is 7.97. The Labute approximate surface area is 163 Å². The second-order valence-corrected chi connectivity index (χ2v) is 7.30. The highest BCUT2D eigenvalue weighted by atomic mass is 79.9. The smallest absolute Gasteiger partial charge is 0.248 e. The first kappa shape index (κ1) is 18.1. The van der Waals surface area contributed by atoms with Crippen LogP contribution in [0.2, 0.25) is 0 Å². The Kier molecular flexibility index (Phi) is 5.65. The summed E-state index contributed by atoms with van der Waals surface area (Å²) in [4.78, 5) is 21.2. The van der Waals surface area contributed by atoms with Gasteiger partial charge in [-0.05, 0) is 59.3 Å². The molecule has 0 aliphatic rings. The minimum absolute atomic E-state index is 0.186. The molecule has 3 aromatic rings. The normalized spacial score (nSPS) is 10.8. The van der Waals surface area contributed by atoms with Gasteiger partial charge in [-0.15, -0.1) is 11.3 Å². The molecule has 6 nitrogen and oxygen atoms in total. The van der Waals surface area contributed by atoms with Crippen molar-refractivity contribution >= 4 is 62.4 Å². The average Bonchev–Trinajstić information content (AvgIpc) is 2.99. The number of hydrogen-bond acceptors (Lipinski definition) is 6. The first-order chi connectivity index (χ1) is 12.5. The molecule has 0 fully saturated rings. The van der Waals surface area contributed by atoms with Gasteiger partial charge in [0.25, 0.3) is 0 Å². The highest BCUT2D eigenvalue weighted by Gasteiger charge is 2.02. The lowest BCUT2D eigenvalue weighted by molar-refractivity contribution is -0.111. The first-order valence-electron chi connectivity index (χ1n) is 7.69. The molecular formula is C18H16BrN5OS. The van der Waals surface area contributed by atoms with Gasteiger partial charge in [-0.2, -0.15) is 4.98 Å². The number of nitrogens with two attached hydrogens (primary N) is 1. The molecule has 0 radical (unpaired) electrons.